The average molecular weight is 254 g/mol. The molecule has 3 heterocycles. The van der Waals surface area contributed by atoms with Gasteiger partial charge in [-0.2, -0.15) is 0 Å². The maximum absolute atomic E-state index is 9.06. The van der Waals surface area contributed by atoms with Crippen LogP contribution < -0.4 is 0 Å². The minimum atomic E-state index is -0.0743. The molecule has 17 heavy (non-hydrogen) atoms. The fourth-order valence-corrected chi connectivity index (χ4v) is 2.39. The van der Waals surface area contributed by atoms with Crippen LogP contribution in [-0.4, -0.2) is 32.4 Å². The van der Waals surface area contributed by atoms with E-state index in [0.717, 1.165) is 18.4 Å². The van der Waals surface area contributed by atoms with Gasteiger partial charge in [0.15, 0.2) is 5.15 Å². The van der Waals surface area contributed by atoms with Crippen molar-refractivity contribution in [3.8, 4) is 0 Å². The van der Waals surface area contributed by atoms with Crippen LogP contribution in [-0.2, 0) is 4.74 Å². The second-order valence-electron chi connectivity index (χ2n) is 4.09. The molecular weight excluding hydrogens is 242 g/mol. The predicted molar refractivity (Wildman–Crippen MR) is 62.8 cm³/mol. The van der Waals surface area contributed by atoms with E-state index in [2.05, 4.69) is 9.97 Å². The Kier molecular flexibility index (Phi) is 2.74. The van der Waals surface area contributed by atoms with Crippen molar-refractivity contribution in [3.63, 3.8) is 0 Å². The number of pyridine rings is 1. The highest BCUT2D eigenvalue weighted by atomic mass is 35.5. The van der Waals surface area contributed by atoms with E-state index in [0.29, 0.717) is 10.7 Å². The molecule has 0 spiro atoms. The van der Waals surface area contributed by atoms with Crippen LogP contribution in [0.25, 0.3) is 11.0 Å². The lowest BCUT2D eigenvalue weighted by atomic mass is 10.2. The van der Waals surface area contributed by atoms with Crippen molar-refractivity contribution >= 4 is 22.6 Å². The van der Waals surface area contributed by atoms with E-state index in [1.807, 2.05) is 10.6 Å². The third-order valence-corrected chi connectivity index (χ3v) is 3.32. The Hall–Kier alpha value is -1.17. The van der Waals surface area contributed by atoms with E-state index < -0.39 is 0 Å². The van der Waals surface area contributed by atoms with Gasteiger partial charge >= 0.3 is 0 Å². The Bertz CT molecular complexity index is 542. The second kappa shape index (κ2) is 4.25. The largest absolute Gasteiger partial charge is 0.394 e. The Morgan fingerprint density at radius 1 is 1.47 bits per heavy atom. The summed E-state index contributed by atoms with van der Waals surface area (Å²) >= 11 is 5.97. The molecule has 0 aromatic carbocycles. The van der Waals surface area contributed by atoms with E-state index in [4.69, 9.17) is 21.4 Å². The lowest BCUT2D eigenvalue weighted by Gasteiger charge is -2.14. The van der Waals surface area contributed by atoms with Crippen LogP contribution in [0.3, 0.4) is 0 Å². The van der Waals surface area contributed by atoms with Gasteiger partial charge in [0, 0.05) is 6.20 Å². The first-order valence-corrected chi connectivity index (χ1v) is 5.90. The highest BCUT2D eigenvalue weighted by Gasteiger charge is 2.27. The topological polar surface area (TPSA) is 60.2 Å². The second-order valence-corrected chi connectivity index (χ2v) is 4.45. The van der Waals surface area contributed by atoms with E-state index in [1.165, 1.54) is 0 Å². The summed E-state index contributed by atoms with van der Waals surface area (Å²) in [5, 5.41) is 9.46. The van der Waals surface area contributed by atoms with Crippen molar-refractivity contribution in [2.45, 2.75) is 25.2 Å². The van der Waals surface area contributed by atoms with Gasteiger partial charge in [-0.05, 0) is 18.9 Å². The minimum absolute atomic E-state index is 0.0610. The molecule has 1 aliphatic rings. The minimum Gasteiger partial charge on any atom is -0.394 e. The third-order valence-electron chi connectivity index (χ3n) is 3.05. The van der Waals surface area contributed by atoms with Gasteiger partial charge in [0.2, 0.25) is 0 Å². The Morgan fingerprint density at radius 3 is 3.12 bits per heavy atom. The lowest BCUT2D eigenvalue weighted by Crippen LogP contribution is -2.13. The van der Waals surface area contributed by atoms with Crippen LogP contribution in [0.1, 0.15) is 19.1 Å². The molecular formula is C11H12ClN3O2. The van der Waals surface area contributed by atoms with Crippen LogP contribution in [0, 0.1) is 0 Å². The first kappa shape index (κ1) is 11.0. The lowest BCUT2D eigenvalue weighted by molar-refractivity contribution is -0.0204. The number of aliphatic hydroxyl groups excluding tert-OH is 1. The Labute approximate surface area is 103 Å². The van der Waals surface area contributed by atoms with Gasteiger partial charge in [-0.15, -0.1) is 0 Å². The number of rotatable bonds is 2. The molecule has 5 nitrogen and oxygen atoms in total. The van der Waals surface area contributed by atoms with Gasteiger partial charge in [0.25, 0.3) is 0 Å². The van der Waals surface area contributed by atoms with Gasteiger partial charge in [0.05, 0.1) is 24.6 Å². The maximum atomic E-state index is 9.06. The monoisotopic (exact) mass is 253 g/mol. The van der Waals surface area contributed by atoms with Crippen LogP contribution in [0.5, 0.6) is 0 Å². The normalized spacial score (nSPS) is 24.6. The summed E-state index contributed by atoms with van der Waals surface area (Å²) in [5.74, 6) is 0. The number of hydrogen-bond acceptors (Lipinski definition) is 4. The number of halogens is 1. The van der Waals surface area contributed by atoms with Crippen molar-refractivity contribution in [1.29, 1.82) is 0 Å². The molecule has 6 heteroatoms. The third kappa shape index (κ3) is 1.80. The van der Waals surface area contributed by atoms with Crippen LogP contribution >= 0.6 is 11.6 Å². The molecule has 90 valence electrons. The number of aromatic nitrogens is 3. The summed E-state index contributed by atoms with van der Waals surface area (Å²) in [6, 6.07) is 1.86. The molecule has 1 N–H and O–H groups in total. The van der Waals surface area contributed by atoms with Crippen molar-refractivity contribution < 1.29 is 9.84 Å². The fraction of sp³-hybridized carbons (Fsp3) is 0.455. The van der Waals surface area contributed by atoms with Gasteiger partial charge in [-0.3, -0.25) is 0 Å². The molecule has 2 aromatic rings. The standard InChI is InChI=1S/C11H12ClN3O2/c12-11-10-8(3-4-13-11)15(6-14-10)9-2-1-7(5-16)17-9/h3-4,6-7,9,16H,1-2,5H2/t7-,9+/m0/s1. The van der Waals surface area contributed by atoms with Crippen molar-refractivity contribution in [2.24, 2.45) is 0 Å². The quantitative estimate of drug-likeness (QED) is 0.829. The summed E-state index contributed by atoms with van der Waals surface area (Å²) < 4.78 is 7.66. The molecule has 0 amide bonds. The zero-order valence-electron chi connectivity index (χ0n) is 9.08. The molecule has 1 aliphatic heterocycles. The van der Waals surface area contributed by atoms with E-state index in [9.17, 15) is 0 Å². The fourth-order valence-electron chi connectivity index (χ4n) is 2.18. The first-order valence-electron chi connectivity index (χ1n) is 5.53. The predicted octanol–water partition coefficient (Wildman–Crippen LogP) is 1.75. The number of fused-ring (bicyclic) bond motifs is 1. The van der Waals surface area contributed by atoms with E-state index >= 15 is 0 Å². The summed E-state index contributed by atoms with van der Waals surface area (Å²) in [6.07, 6.45) is 4.95. The molecule has 1 fully saturated rings. The molecule has 3 rings (SSSR count). The number of nitrogens with zero attached hydrogens (tertiary/aromatic N) is 3. The molecule has 1 saturated heterocycles. The summed E-state index contributed by atoms with van der Waals surface area (Å²) in [6.45, 7) is 0.0610. The van der Waals surface area contributed by atoms with Gasteiger partial charge < -0.3 is 14.4 Å². The summed E-state index contributed by atoms with van der Waals surface area (Å²) in [5.41, 5.74) is 1.60. The summed E-state index contributed by atoms with van der Waals surface area (Å²) in [7, 11) is 0. The highest BCUT2D eigenvalue weighted by molar-refractivity contribution is 6.33. The zero-order chi connectivity index (χ0) is 11.8. The van der Waals surface area contributed by atoms with Gasteiger partial charge in [-0.25, -0.2) is 9.97 Å². The molecule has 0 radical (unpaired) electrons. The first-order chi connectivity index (χ1) is 8.29. The summed E-state index contributed by atoms with van der Waals surface area (Å²) in [4.78, 5) is 8.23. The van der Waals surface area contributed by atoms with E-state index in [1.54, 1.807) is 12.5 Å². The molecule has 2 aromatic heterocycles. The van der Waals surface area contributed by atoms with Crippen LogP contribution in [0.4, 0.5) is 0 Å². The van der Waals surface area contributed by atoms with Gasteiger partial charge in [0.1, 0.15) is 11.7 Å². The maximum Gasteiger partial charge on any atom is 0.156 e. The molecule has 0 bridgehead atoms. The molecule has 2 atom stereocenters. The van der Waals surface area contributed by atoms with Crippen molar-refractivity contribution in [1.82, 2.24) is 14.5 Å². The smallest absolute Gasteiger partial charge is 0.156 e. The van der Waals surface area contributed by atoms with Gasteiger partial charge in [-0.1, -0.05) is 11.6 Å². The SMILES string of the molecule is OC[C@@H]1CC[C@H](n2cnc3c(Cl)nccc32)O1. The molecule has 0 unspecified atom stereocenters. The zero-order valence-corrected chi connectivity index (χ0v) is 9.84. The van der Waals surface area contributed by atoms with Crippen molar-refractivity contribution in [3.05, 3.63) is 23.7 Å². The molecule has 0 aliphatic carbocycles. The number of ether oxygens (including phenoxy) is 1. The number of imidazole rings is 1. The van der Waals surface area contributed by atoms with Crippen LogP contribution in [0.2, 0.25) is 5.15 Å². The van der Waals surface area contributed by atoms with E-state index in [-0.39, 0.29) is 18.9 Å². The van der Waals surface area contributed by atoms with Crippen LogP contribution in [0.15, 0.2) is 18.6 Å². The number of aliphatic hydroxyl groups is 1. The highest BCUT2D eigenvalue weighted by Crippen LogP contribution is 2.31. The molecule has 0 saturated carbocycles. The Balaban J connectivity index is 1.99. The van der Waals surface area contributed by atoms with Crippen molar-refractivity contribution in [2.75, 3.05) is 6.61 Å². The number of hydrogen-bond donors (Lipinski definition) is 1. The Morgan fingerprint density at radius 2 is 2.35 bits per heavy atom. The average Bonchev–Trinajstić information content (AvgIpc) is 2.94.